The second kappa shape index (κ2) is 10.7. The van der Waals surface area contributed by atoms with Crippen LogP contribution in [0.1, 0.15) is 27.7 Å². The first kappa shape index (κ1) is 25.9. The summed E-state index contributed by atoms with van der Waals surface area (Å²) in [6, 6.07) is 3.97. The lowest BCUT2D eigenvalue weighted by atomic mass is 10.0. The van der Waals surface area contributed by atoms with Crippen molar-refractivity contribution in [2.45, 2.75) is 50.8 Å². The zero-order chi connectivity index (χ0) is 25.0. The van der Waals surface area contributed by atoms with Gasteiger partial charge in [-0.1, -0.05) is 13.0 Å². The molecule has 1 aromatic heterocycles. The number of hydrogen-bond acceptors (Lipinski definition) is 7. The van der Waals surface area contributed by atoms with Gasteiger partial charge in [-0.2, -0.15) is 4.31 Å². The largest absolute Gasteiger partial charge is 0.487 e. The van der Waals surface area contributed by atoms with Crippen LogP contribution in [-0.2, 0) is 10.0 Å². The van der Waals surface area contributed by atoms with Crippen molar-refractivity contribution in [1.29, 1.82) is 0 Å². The van der Waals surface area contributed by atoms with Crippen LogP contribution in [0, 0.1) is 5.92 Å². The predicted molar refractivity (Wildman–Crippen MR) is 128 cm³/mol. The highest BCUT2D eigenvalue weighted by molar-refractivity contribution is 7.89. The number of sulfonamides is 1. The van der Waals surface area contributed by atoms with E-state index in [1.807, 2.05) is 20.8 Å². The normalized spacial score (nSPS) is 21.0. The minimum absolute atomic E-state index is 0.0135. The first-order chi connectivity index (χ1) is 16.0. The van der Waals surface area contributed by atoms with Crippen molar-refractivity contribution >= 4 is 16.1 Å². The lowest BCUT2D eigenvalue weighted by Crippen LogP contribution is -2.51. The number of nitrogens with zero attached hydrogens (tertiary/aromatic N) is 4. The number of aliphatic hydroxyl groups excluding tert-OH is 1. The molecule has 2 aromatic rings. The molecule has 0 fully saturated rings. The number of ether oxygens (including phenoxy) is 1. The van der Waals surface area contributed by atoms with Crippen molar-refractivity contribution in [3.05, 3.63) is 36.9 Å². The molecule has 2 amide bonds. The Balaban J connectivity index is 2.06. The average molecular weight is 492 g/mol. The van der Waals surface area contributed by atoms with Gasteiger partial charge in [-0.3, -0.25) is 0 Å². The minimum atomic E-state index is -3.95. The Morgan fingerprint density at radius 1 is 1.26 bits per heavy atom. The van der Waals surface area contributed by atoms with Crippen molar-refractivity contribution in [2.24, 2.45) is 5.92 Å². The van der Waals surface area contributed by atoms with Gasteiger partial charge in [0.25, 0.3) is 0 Å². The van der Waals surface area contributed by atoms with Gasteiger partial charge >= 0.3 is 6.03 Å². The van der Waals surface area contributed by atoms with Gasteiger partial charge in [-0.25, -0.2) is 23.2 Å². The summed E-state index contributed by atoms with van der Waals surface area (Å²) in [6.07, 6.45) is 4.20. The van der Waals surface area contributed by atoms with Crippen LogP contribution in [0.25, 0.3) is 11.1 Å². The Morgan fingerprint density at radius 3 is 2.56 bits per heavy atom. The van der Waals surface area contributed by atoms with Crippen LogP contribution in [0.5, 0.6) is 5.75 Å². The van der Waals surface area contributed by atoms with Gasteiger partial charge in [-0.05, 0) is 38.5 Å². The van der Waals surface area contributed by atoms with Gasteiger partial charge in [0.15, 0.2) is 0 Å². The van der Waals surface area contributed by atoms with E-state index in [2.05, 4.69) is 15.3 Å². The maximum absolute atomic E-state index is 13.6. The number of amides is 2. The van der Waals surface area contributed by atoms with Crippen molar-refractivity contribution in [2.75, 3.05) is 26.7 Å². The first-order valence-corrected chi connectivity index (χ1v) is 12.7. The Labute approximate surface area is 201 Å². The van der Waals surface area contributed by atoms with Gasteiger partial charge in [0, 0.05) is 49.6 Å². The summed E-state index contributed by atoms with van der Waals surface area (Å²) in [7, 11) is -2.27. The highest BCUT2D eigenvalue weighted by Crippen LogP contribution is 2.36. The number of nitrogens with one attached hydrogen (secondary N) is 1. The second-order valence-corrected chi connectivity index (χ2v) is 10.9. The molecule has 0 bridgehead atoms. The Morgan fingerprint density at radius 2 is 1.94 bits per heavy atom. The number of rotatable bonds is 6. The van der Waals surface area contributed by atoms with E-state index in [0.29, 0.717) is 11.1 Å². The van der Waals surface area contributed by atoms with E-state index in [-0.39, 0.29) is 48.3 Å². The molecule has 0 spiro atoms. The zero-order valence-corrected chi connectivity index (χ0v) is 21.0. The summed E-state index contributed by atoms with van der Waals surface area (Å²) in [5.41, 5.74) is 1.42. The molecule has 11 heteroatoms. The van der Waals surface area contributed by atoms with Gasteiger partial charge in [-0.15, -0.1) is 0 Å². The second-order valence-electron chi connectivity index (χ2n) is 9.01. The number of urea groups is 1. The van der Waals surface area contributed by atoms with Crippen molar-refractivity contribution in [1.82, 2.24) is 24.5 Å². The molecule has 1 aliphatic heterocycles. The Bertz CT molecular complexity index is 1100. The van der Waals surface area contributed by atoms with E-state index in [4.69, 9.17) is 4.74 Å². The van der Waals surface area contributed by atoms with Crippen LogP contribution in [0.4, 0.5) is 4.79 Å². The quantitative estimate of drug-likeness (QED) is 0.633. The van der Waals surface area contributed by atoms with Crippen LogP contribution in [-0.4, -0.2) is 83.7 Å². The molecule has 3 atom stereocenters. The number of aliphatic hydroxyl groups is 1. The summed E-state index contributed by atoms with van der Waals surface area (Å²) < 4.78 is 34.7. The van der Waals surface area contributed by atoms with Crippen LogP contribution < -0.4 is 10.1 Å². The van der Waals surface area contributed by atoms with Crippen molar-refractivity contribution in [3.63, 3.8) is 0 Å². The summed E-state index contributed by atoms with van der Waals surface area (Å²) in [5, 5.41) is 12.6. The fourth-order valence-electron chi connectivity index (χ4n) is 3.78. The first-order valence-electron chi connectivity index (χ1n) is 11.2. The van der Waals surface area contributed by atoms with Crippen molar-refractivity contribution < 1.29 is 23.1 Å². The van der Waals surface area contributed by atoms with E-state index < -0.39 is 22.2 Å². The molecule has 10 nitrogen and oxygen atoms in total. The fourth-order valence-corrected chi connectivity index (χ4v) is 5.61. The molecule has 3 rings (SSSR count). The molecule has 1 aromatic carbocycles. The summed E-state index contributed by atoms with van der Waals surface area (Å²) in [4.78, 5) is 22.1. The third kappa shape index (κ3) is 5.65. The Kier molecular flexibility index (Phi) is 8.11. The molecule has 0 saturated carbocycles. The van der Waals surface area contributed by atoms with Crippen LogP contribution in [0.3, 0.4) is 0 Å². The molecule has 2 N–H and O–H groups in total. The molecule has 0 aliphatic carbocycles. The molecule has 1 aliphatic rings. The van der Waals surface area contributed by atoms with E-state index in [9.17, 15) is 18.3 Å². The van der Waals surface area contributed by atoms with Crippen LogP contribution in [0.2, 0.25) is 0 Å². The smallest absolute Gasteiger partial charge is 0.317 e. The van der Waals surface area contributed by atoms with Gasteiger partial charge < -0.3 is 20.1 Å². The van der Waals surface area contributed by atoms with E-state index >= 15 is 0 Å². The SMILES string of the molecule is CC(C)NC(=O)N(C)C[C@@H]1Oc2cc(-c3cncnc3)ccc2S(=O)(=O)N([C@H](C)CO)C[C@H]1C. The molecular weight excluding hydrogens is 458 g/mol. The topological polar surface area (TPSA) is 125 Å². The maximum Gasteiger partial charge on any atom is 0.317 e. The van der Waals surface area contributed by atoms with Gasteiger partial charge in [0.1, 0.15) is 23.1 Å². The van der Waals surface area contributed by atoms with Gasteiger partial charge in [0.05, 0.1) is 13.2 Å². The summed E-state index contributed by atoms with van der Waals surface area (Å²) in [5.74, 6) is -0.0827. The van der Waals surface area contributed by atoms with E-state index in [1.165, 1.54) is 21.6 Å². The number of carbonyl (C=O) groups excluding carboxylic acids is 1. The number of carbonyl (C=O) groups is 1. The zero-order valence-electron chi connectivity index (χ0n) is 20.2. The van der Waals surface area contributed by atoms with Crippen LogP contribution >= 0.6 is 0 Å². The van der Waals surface area contributed by atoms with Crippen molar-refractivity contribution in [3.8, 4) is 16.9 Å². The minimum Gasteiger partial charge on any atom is -0.487 e. The lowest BCUT2D eigenvalue weighted by Gasteiger charge is -2.37. The summed E-state index contributed by atoms with van der Waals surface area (Å²) in [6.45, 7) is 7.38. The highest BCUT2D eigenvalue weighted by atomic mass is 32.2. The third-order valence-corrected chi connectivity index (χ3v) is 7.79. The number of fused-ring (bicyclic) bond motifs is 1. The molecule has 0 radical (unpaired) electrons. The number of aromatic nitrogens is 2. The van der Waals surface area contributed by atoms with Crippen LogP contribution in [0.15, 0.2) is 41.8 Å². The molecule has 34 heavy (non-hydrogen) atoms. The predicted octanol–water partition coefficient (Wildman–Crippen LogP) is 1.96. The summed E-state index contributed by atoms with van der Waals surface area (Å²) >= 11 is 0. The maximum atomic E-state index is 13.6. The van der Waals surface area contributed by atoms with E-state index in [0.717, 1.165) is 0 Å². The van der Waals surface area contributed by atoms with Gasteiger partial charge in [0.2, 0.25) is 10.0 Å². The monoisotopic (exact) mass is 491 g/mol. The number of benzene rings is 1. The lowest BCUT2D eigenvalue weighted by molar-refractivity contribution is 0.0810. The molecular formula is C23H33N5O5S. The highest BCUT2D eigenvalue weighted by Gasteiger charge is 2.38. The molecule has 2 heterocycles. The average Bonchev–Trinajstić information content (AvgIpc) is 2.80. The van der Waals surface area contributed by atoms with E-state index in [1.54, 1.807) is 38.5 Å². The molecule has 0 unspecified atom stereocenters. The molecule has 186 valence electrons. The standard InChI is InChI=1S/C23H33N5O5S/c1-15(2)26-23(30)27(5)12-21-16(3)11-28(17(4)13-29)34(31,32)22-7-6-18(8-20(22)33-21)19-9-24-14-25-10-19/h6-10,14-17,21,29H,11-13H2,1-5H3,(H,26,30)/t16-,17-,21+/m1/s1. The number of hydrogen-bond donors (Lipinski definition) is 2. The third-order valence-electron chi connectivity index (χ3n) is 5.77. The molecule has 0 saturated heterocycles. The fraction of sp³-hybridized carbons (Fsp3) is 0.522. The Hall–Kier alpha value is -2.76. The number of likely N-dealkylation sites (N-methyl/N-ethyl adjacent to an activating group) is 1.